The molecule has 0 heterocycles. The summed E-state index contributed by atoms with van der Waals surface area (Å²) in [5, 5.41) is 3.23. The maximum absolute atomic E-state index is 11.8. The van der Waals surface area contributed by atoms with Crippen LogP contribution in [0.5, 0.6) is 0 Å². The molecule has 13 heavy (non-hydrogen) atoms. The van der Waals surface area contributed by atoms with Crippen LogP contribution in [-0.4, -0.2) is 13.0 Å². The lowest BCUT2D eigenvalue weighted by Crippen LogP contribution is -2.10. The molecule has 0 aliphatic rings. The summed E-state index contributed by atoms with van der Waals surface area (Å²) in [6, 6.07) is 5.07. The number of halogens is 4. The topological polar surface area (TPSA) is 12.0 Å². The molecule has 0 spiro atoms. The van der Waals surface area contributed by atoms with E-state index in [9.17, 15) is 8.78 Å². The largest absolute Gasteiger partial charge is 0.378 e. The van der Waals surface area contributed by atoms with Crippen molar-refractivity contribution < 1.29 is 8.78 Å². The first-order valence-corrected chi connectivity index (χ1v) is 5.02. The van der Waals surface area contributed by atoms with Crippen LogP contribution in [0.25, 0.3) is 0 Å². The van der Waals surface area contributed by atoms with Gasteiger partial charge < -0.3 is 5.32 Å². The number of benzene rings is 1. The summed E-state index contributed by atoms with van der Waals surface area (Å²) in [6.45, 7) is -0.336. The van der Waals surface area contributed by atoms with E-state index in [0.29, 0.717) is 10.7 Å². The van der Waals surface area contributed by atoms with Crippen LogP contribution in [-0.2, 0) is 0 Å². The molecule has 1 aromatic rings. The van der Waals surface area contributed by atoms with Gasteiger partial charge in [-0.15, -0.1) is 0 Å². The summed E-state index contributed by atoms with van der Waals surface area (Å²) >= 11 is 7.74. The van der Waals surface area contributed by atoms with Gasteiger partial charge in [0.2, 0.25) is 0 Å². The van der Waals surface area contributed by atoms with Gasteiger partial charge in [0.1, 0.15) is 0 Å². The van der Waals surface area contributed by atoms with E-state index in [1.165, 1.54) is 0 Å². The van der Waals surface area contributed by atoms with Crippen molar-refractivity contribution in [2.24, 2.45) is 0 Å². The van der Waals surface area contributed by atoms with Crippen molar-refractivity contribution in [2.75, 3.05) is 11.9 Å². The van der Waals surface area contributed by atoms with Crippen molar-refractivity contribution in [2.45, 2.75) is 6.43 Å². The molecule has 0 atom stereocenters. The molecule has 0 aliphatic heterocycles. The lowest BCUT2D eigenvalue weighted by molar-refractivity contribution is 0.163. The average molecular weight is 318 g/mol. The third-order valence-corrected chi connectivity index (χ3v) is 2.51. The van der Waals surface area contributed by atoms with Gasteiger partial charge in [-0.2, -0.15) is 0 Å². The second-order valence-electron chi connectivity index (χ2n) is 2.40. The number of alkyl halides is 2. The highest BCUT2D eigenvalue weighted by Crippen LogP contribution is 2.22. The van der Waals surface area contributed by atoms with Crippen LogP contribution >= 0.6 is 34.2 Å². The smallest absolute Gasteiger partial charge is 0.255 e. The lowest BCUT2D eigenvalue weighted by atomic mass is 10.3. The van der Waals surface area contributed by atoms with Crippen molar-refractivity contribution in [3.05, 3.63) is 26.8 Å². The van der Waals surface area contributed by atoms with Crippen LogP contribution in [0.2, 0.25) is 5.02 Å². The molecule has 1 nitrogen and oxygen atoms in total. The highest BCUT2D eigenvalue weighted by Gasteiger charge is 2.04. The van der Waals surface area contributed by atoms with E-state index in [-0.39, 0.29) is 6.54 Å². The van der Waals surface area contributed by atoms with Crippen molar-refractivity contribution in [1.29, 1.82) is 0 Å². The van der Waals surface area contributed by atoms with Crippen LogP contribution in [0.4, 0.5) is 14.5 Å². The minimum Gasteiger partial charge on any atom is -0.378 e. The molecule has 0 aromatic heterocycles. The molecule has 1 aromatic carbocycles. The number of hydrogen-bond acceptors (Lipinski definition) is 1. The van der Waals surface area contributed by atoms with Gasteiger partial charge in [-0.05, 0) is 40.8 Å². The first kappa shape index (κ1) is 11.0. The van der Waals surface area contributed by atoms with Crippen LogP contribution in [0.1, 0.15) is 0 Å². The number of rotatable bonds is 3. The zero-order valence-electron chi connectivity index (χ0n) is 6.53. The zero-order valence-corrected chi connectivity index (χ0v) is 9.44. The second kappa shape index (κ2) is 4.95. The molecule has 0 bridgehead atoms. The van der Waals surface area contributed by atoms with Gasteiger partial charge in [0.15, 0.2) is 0 Å². The van der Waals surface area contributed by atoms with Gasteiger partial charge in [0, 0.05) is 14.3 Å². The summed E-state index contributed by atoms with van der Waals surface area (Å²) in [4.78, 5) is 0. The summed E-state index contributed by atoms with van der Waals surface area (Å²) in [7, 11) is 0. The maximum atomic E-state index is 11.8. The van der Waals surface area contributed by atoms with Gasteiger partial charge in [-0.25, -0.2) is 8.78 Å². The molecule has 0 unspecified atom stereocenters. The third-order valence-electron chi connectivity index (χ3n) is 1.38. The Kier molecular flexibility index (Phi) is 4.18. The molecule has 1 rings (SSSR count). The molecule has 0 saturated carbocycles. The molecule has 1 N–H and O–H groups in total. The standard InChI is InChI=1S/C8H7ClF2IN/c9-5-1-2-7(6(12)3-5)13-4-8(10)11/h1-3,8,13H,4H2. The van der Waals surface area contributed by atoms with Gasteiger partial charge in [-0.1, -0.05) is 11.6 Å². The molecule has 0 saturated heterocycles. The van der Waals surface area contributed by atoms with E-state index in [1.807, 2.05) is 22.6 Å². The summed E-state index contributed by atoms with van der Waals surface area (Å²) in [6.07, 6.45) is -2.34. The molecular weight excluding hydrogens is 310 g/mol. The predicted molar refractivity (Wildman–Crippen MR) is 58.7 cm³/mol. The van der Waals surface area contributed by atoms with Crippen LogP contribution in [0.15, 0.2) is 18.2 Å². The quantitative estimate of drug-likeness (QED) is 0.840. The molecule has 0 aliphatic carbocycles. The van der Waals surface area contributed by atoms with Gasteiger partial charge in [-0.3, -0.25) is 0 Å². The molecule has 0 fully saturated rings. The Morgan fingerprint density at radius 2 is 2.15 bits per heavy atom. The van der Waals surface area contributed by atoms with Gasteiger partial charge in [0.05, 0.1) is 6.54 Å². The lowest BCUT2D eigenvalue weighted by Gasteiger charge is -2.07. The Hall–Kier alpha value is -0.100. The minimum atomic E-state index is -2.34. The Morgan fingerprint density at radius 1 is 1.46 bits per heavy atom. The molecular formula is C8H7ClF2IN. The second-order valence-corrected chi connectivity index (χ2v) is 3.99. The van der Waals surface area contributed by atoms with Crippen LogP contribution in [0, 0.1) is 3.57 Å². The van der Waals surface area contributed by atoms with E-state index >= 15 is 0 Å². The normalized spacial score (nSPS) is 10.5. The molecule has 72 valence electrons. The molecule has 0 radical (unpaired) electrons. The van der Waals surface area contributed by atoms with E-state index in [1.54, 1.807) is 18.2 Å². The summed E-state index contributed by atoms with van der Waals surface area (Å²) in [5.41, 5.74) is 0.685. The van der Waals surface area contributed by atoms with Crippen molar-refractivity contribution in [1.82, 2.24) is 0 Å². The van der Waals surface area contributed by atoms with Gasteiger partial charge in [0.25, 0.3) is 6.43 Å². The number of anilines is 1. The Balaban J connectivity index is 2.67. The van der Waals surface area contributed by atoms with Crippen molar-refractivity contribution in [3.8, 4) is 0 Å². The van der Waals surface area contributed by atoms with Crippen LogP contribution < -0.4 is 5.32 Å². The first-order valence-electron chi connectivity index (χ1n) is 3.56. The Morgan fingerprint density at radius 3 is 2.69 bits per heavy atom. The van der Waals surface area contributed by atoms with Crippen molar-refractivity contribution in [3.63, 3.8) is 0 Å². The van der Waals surface area contributed by atoms with Gasteiger partial charge >= 0.3 is 0 Å². The van der Waals surface area contributed by atoms with Crippen LogP contribution in [0.3, 0.4) is 0 Å². The minimum absolute atomic E-state index is 0.336. The zero-order chi connectivity index (χ0) is 9.84. The third kappa shape index (κ3) is 3.64. The Labute approximate surface area is 93.6 Å². The van der Waals surface area contributed by atoms with E-state index in [0.717, 1.165) is 3.57 Å². The highest BCUT2D eigenvalue weighted by molar-refractivity contribution is 14.1. The fraction of sp³-hybridized carbons (Fsp3) is 0.250. The fourth-order valence-electron chi connectivity index (χ4n) is 0.820. The Bertz CT molecular complexity index is 293. The number of hydrogen-bond donors (Lipinski definition) is 1. The first-order chi connectivity index (χ1) is 6.09. The average Bonchev–Trinajstić information content (AvgIpc) is 2.02. The number of nitrogens with one attached hydrogen (secondary N) is 1. The predicted octanol–water partition coefficient (Wildman–Crippen LogP) is 3.62. The maximum Gasteiger partial charge on any atom is 0.255 e. The molecule has 0 amide bonds. The SMILES string of the molecule is FC(F)CNc1ccc(Cl)cc1I. The summed E-state index contributed by atoms with van der Waals surface area (Å²) in [5.74, 6) is 0. The molecule has 5 heteroatoms. The summed E-state index contributed by atoms with van der Waals surface area (Å²) < 4.78 is 24.5. The fourth-order valence-corrected chi connectivity index (χ4v) is 1.88. The van der Waals surface area contributed by atoms with Crippen molar-refractivity contribution >= 4 is 39.9 Å². The van der Waals surface area contributed by atoms with E-state index in [4.69, 9.17) is 11.6 Å². The monoisotopic (exact) mass is 317 g/mol. The highest BCUT2D eigenvalue weighted by atomic mass is 127. The van der Waals surface area contributed by atoms with E-state index in [2.05, 4.69) is 5.32 Å². The van der Waals surface area contributed by atoms with E-state index < -0.39 is 6.43 Å².